The lowest BCUT2D eigenvalue weighted by atomic mass is 10.0. The zero-order chi connectivity index (χ0) is 20.6. The van der Waals surface area contributed by atoms with Crippen molar-refractivity contribution >= 4 is 11.4 Å². The third-order valence-electron chi connectivity index (χ3n) is 5.55. The van der Waals surface area contributed by atoms with Crippen molar-refractivity contribution in [1.82, 2.24) is 4.90 Å². The molecule has 1 fully saturated rings. The zero-order valence-electron chi connectivity index (χ0n) is 17.5. The van der Waals surface area contributed by atoms with Crippen LogP contribution in [0.25, 0.3) is 0 Å². The van der Waals surface area contributed by atoms with E-state index >= 15 is 0 Å². The van der Waals surface area contributed by atoms with Gasteiger partial charge < -0.3 is 30.1 Å². The molecule has 29 heavy (non-hydrogen) atoms. The van der Waals surface area contributed by atoms with Crippen molar-refractivity contribution in [2.75, 3.05) is 50.5 Å². The largest absolute Gasteiger partial charge is 0.493 e. The molecule has 0 bridgehead atoms. The van der Waals surface area contributed by atoms with Crippen molar-refractivity contribution in [2.45, 2.75) is 31.9 Å². The summed E-state index contributed by atoms with van der Waals surface area (Å²) in [4.78, 5) is 4.73. The summed E-state index contributed by atoms with van der Waals surface area (Å²) in [5.74, 6) is 1.34. The Morgan fingerprint density at radius 3 is 2.41 bits per heavy atom. The summed E-state index contributed by atoms with van der Waals surface area (Å²) in [5, 5.41) is 10.4. The van der Waals surface area contributed by atoms with Gasteiger partial charge in [0, 0.05) is 32.2 Å². The molecule has 0 saturated carbocycles. The fraction of sp³-hybridized carbons (Fsp3) is 0.478. The summed E-state index contributed by atoms with van der Waals surface area (Å²) in [6.07, 6.45) is 1.58. The SMILES string of the molecule is CCN(c1ccccc1N)C1CCN(CC(O)COc2ccccc2OC)CC1. The maximum atomic E-state index is 10.4. The van der Waals surface area contributed by atoms with Crippen molar-refractivity contribution in [2.24, 2.45) is 0 Å². The minimum atomic E-state index is -0.538. The third kappa shape index (κ3) is 5.55. The van der Waals surface area contributed by atoms with E-state index in [1.807, 2.05) is 42.5 Å². The van der Waals surface area contributed by atoms with Crippen LogP contribution in [0.2, 0.25) is 0 Å². The maximum absolute atomic E-state index is 10.4. The second-order valence-corrected chi connectivity index (χ2v) is 7.49. The van der Waals surface area contributed by atoms with E-state index in [0.29, 0.717) is 24.1 Å². The van der Waals surface area contributed by atoms with Gasteiger partial charge in [-0.25, -0.2) is 0 Å². The minimum absolute atomic E-state index is 0.252. The van der Waals surface area contributed by atoms with Crippen LogP contribution < -0.4 is 20.1 Å². The van der Waals surface area contributed by atoms with Gasteiger partial charge in [-0.1, -0.05) is 24.3 Å². The molecule has 1 unspecified atom stereocenters. The molecule has 0 spiro atoms. The summed E-state index contributed by atoms with van der Waals surface area (Å²) in [6.45, 7) is 5.90. The average Bonchev–Trinajstić information content (AvgIpc) is 2.75. The Balaban J connectivity index is 1.47. The number of hydrogen-bond donors (Lipinski definition) is 2. The number of ether oxygens (including phenoxy) is 2. The van der Waals surface area contributed by atoms with Crippen LogP contribution in [0.3, 0.4) is 0 Å². The molecular weight excluding hydrogens is 366 g/mol. The molecule has 1 heterocycles. The quantitative estimate of drug-likeness (QED) is 0.632. The van der Waals surface area contributed by atoms with Gasteiger partial charge in [0.1, 0.15) is 12.7 Å². The normalized spacial score (nSPS) is 16.4. The highest BCUT2D eigenvalue weighted by Crippen LogP contribution is 2.28. The van der Waals surface area contributed by atoms with E-state index in [4.69, 9.17) is 15.2 Å². The number of benzene rings is 2. The molecule has 1 saturated heterocycles. The standard InChI is InChI=1S/C23H33N3O3/c1-3-26(21-9-5-4-8-20(21)24)18-12-14-25(15-13-18)16-19(27)17-29-23-11-7-6-10-22(23)28-2/h4-11,18-19,27H,3,12-17,24H2,1-2H3. The van der Waals surface area contributed by atoms with Crippen LogP contribution >= 0.6 is 0 Å². The number of likely N-dealkylation sites (tertiary alicyclic amines) is 1. The minimum Gasteiger partial charge on any atom is -0.493 e. The second kappa shape index (κ2) is 10.4. The average molecular weight is 400 g/mol. The number of hydrogen-bond acceptors (Lipinski definition) is 6. The van der Waals surface area contributed by atoms with E-state index in [9.17, 15) is 5.11 Å². The van der Waals surface area contributed by atoms with Crippen LogP contribution in [0.5, 0.6) is 11.5 Å². The Labute approximate surface area is 173 Å². The lowest BCUT2D eigenvalue weighted by Gasteiger charge is -2.40. The molecule has 158 valence electrons. The van der Waals surface area contributed by atoms with Gasteiger partial charge >= 0.3 is 0 Å². The van der Waals surface area contributed by atoms with Crippen LogP contribution in [0.15, 0.2) is 48.5 Å². The molecule has 2 aromatic rings. The highest BCUT2D eigenvalue weighted by Gasteiger charge is 2.26. The predicted molar refractivity (Wildman–Crippen MR) is 118 cm³/mol. The number of β-amino-alcohol motifs (C(OH)–C–C–N with tert-alkyl or cyclic N) is 1. The molecule has 1 aliphatic heterocycles. The number of nitrogen functional groups attached to an aromatic ring is 1. The molecule has 3 rings (SSSR count). The smallest absolute Gasteiger partial charge is 0.161 e. The number of nitrogens with two attached hydrogens (primary N) is 1. The number of rotatable bonds is 9. The summed E-state index contributed by atoms with van der Waals surface area (Å²) in [6, 6.07) is 16.1. The molecule has 2 aromatic carbocycles. The van der Waals surface area contributed by atoms with Crippen LogP contribution in [-0.4, -0.2) is 62.0 Å². The molecule has 6 nitrogen and oxygen atoms in total. The molecule has 0 radical (unpaired) electrons. The monoisotopic (exact) mass is 399 g/mol. The Morgan fingerprint density at radius 2 is 1.76 bits per heavy atom. The first-order valence-corrected chi connectivity index (χ1v) is 10.4. The van der Waals surface area contributed by atoms with E-state index in [0.717, 1.165) is 43.9 Å². The lowest BCUT2D eigenvalue weighted by Crippen LogP contribution is -2.47. The highest BCUT2D eigenvalue weighted by atomic mass is 16.5. The first-order chi connectivity index (χ1) is 14.1. The van der Waals surface area contributed by atoms with Gasteiger partial charge in [0.15, 0.2) is 11.5 Å². The molecule has 1 aliphatic rings. The summed E-state index contributed by atoms with van der Waals surface area (Å²) < 4.78 is 11.0. The molecule has 0 aromatic heterocycles. The van der Waals surface area contributed by atoms with Crippen molar-refractivity contribution in [3.63, 3.8) is 0 Å². The van der Waals surface area contributed by atoms with E-state index in [-0.39, 0.29) is 6.61 Å². The number of anilines is 2. The Kier molecular flexibility index (Phi) is 7.61. The van der Waals surface area contributed by atoms with Crippen molar-refractivity contribution in [1.29, 1.82) is 0 Å². The number of piperidine rings is 1. The van der Waals surface area contributed by atoms with E-state index < -0.39 is 6.10 Å². The Morgan fingerprint density at radius 1 is 1.10 bits per heavy atom. The van der Waals surface area contributed by atoms with Gasteiger partial charge in [-0.05, 0) is 44.0 Å². The Bertz CT molecular complexity index is 763. The highest BCUT2D eigenvalue weighted by molar-refractivity contribution is 5.67. The van der Waals surface area contributed by atoms with Gasteiger partial charge in [-0.15, -0.1) is 0 Å². The lowest BCUT2D eigenvalue weighted by molar-refractivity contribution is 0.0585. The second-order valence-electron chi connectivity index (χ2n) is 7.49. The van der Waals surface area contributed by atoms with Crippen LogP contribution in [-0.2, 0) is 0 Å². The van der Waals surface area contributed by atoms with Gasteiger partial charge in [0.2, 0.25) is 0 Å². The number of para-hydroxylation sites is 4. The number of nitrogens with zero attached hydrogens (tertiary/aromatic N) is 2. The fourth-order valence-corrected chi connectivity index (χ4v) is 4.06. The van der Waals surface area contributed by atoms with Gasteiger partial charge in [-0.2, -0.15) is 0 Å². The summed E-state index contributed by atoms with van der Waals surface area (Å²) in [5.41, 5.74) is 8.15. The molecule has 3 N–H and O–H groups in total. The molecule has 6 heteroatoms. The van der Waals surface area contributed by atoms with Crippen molar-refractivity contribution in [3.8, 4) is 11.5 Å². The molecular formula is C23H33N3O3. The maximum Gasteiger partial charge on any atom is 0.161 e. The Hall–Kier alpha value is -2.44. The van der Waals surface area contributed by atoms with E-state index in [1.54, 1.807) is 7.11 Å². The van der Waals surface area contributed by atoms with Crippen LogP contribution in [0, 0.1) is 0 Å². The molecule has 0 amide bonds. The van der Waals surface area contributed by atoms with Crippen molar-refractivity contribution < 1.29 is 14.6 Å². The molecule has 0 aliphatic carbocycles. The fourth-order valence-electron chi connectivity index (χ4n) is 4.06. The van der Waals surface area contributed by atoms with Crippen LogP contribution in [0.4, 0.5) is 11.4 Å². The van der Waals surface area contributed by atoms with Gasteiger partial charge in [-0.3, -0.25) is 0 Å². The summed E-state index contributed by atoms with van der Waals surface area (Å²) in [7, 11) is 1.62. The number of aliphatic hydroxyl groups excluding tert-OH is 1. The number of methoxy groups -OCH3 is 1. The van der Waals surface area contributed by atoms with Crippen molar-refractivity contribution in [3.05, 3.63) is 48.5 Å². The van der Waals surface area contributed by atoms with E-state index in [2.05, 4.69) is 22.8 Å². The summed E-state index contributed by atoms with van der Waals surface area (Å²) >= 11 is 0. The van der Waals surface area contributed by atoms with E-state index in [1.165, 1.54) is 0 Å². The molecule has 1 atom stereocenters. The first-order valence-electron chi connectivity index (χ1n) is 10.4. The van der Waals surface area contributed by atoms with Crippen LogP contribution in [0.1, 0.15) is 19.8 Å². The predicted octanol–water partition coefficient (Wildman–Crippen LogP) is 3.01. The third-order valence-corrected chi connectivity index (χ3v) is 5.55. The number of aliphatic hydroxyl groups is 1. The van der Waals surface area contributed by atoms with Gasteiger partial charge in [0.25, 0.3) is 0 Å². The topological polar surface area (TPSA) is 71.2 Å². The first kappa shape index (κ1) is 21.3. The zero-order valence-corrected chi connectivity index (χ0v) is 17.5. The van der Waals surface area contributed by atoms with Gasteiger partial charge in [0.05, 0.1) is 18.5 Å².